The minimum absolute atomic E-state index is 0.0382. The monoisotopic (exact) mass is 449 g/mol. The lowest BCUT2D eigenvalue weighted by Crippen LogP contribution is -2.43. The molecule has 6 heteroatoms. The summed E-state index contributed by atoms with van der Waals surface area (Å²) in [5.74, 6) is 2.31. The molecule has 4 rings (SSSR count). The lowest BCUT2D eigenvalue weighted by Gasteiger charge is -2.37. The van der Waals surface area contributed by atoms with Gasteiger partial charge in [-0.25, -0.2) is 0 Å². The van der Waals surface area contributed by atoms with Crippen LogP contribution in [-0.4, -0.2) is 59.4 Å². The Bertz CT molecular complexity index is 937. The molecule has 0 radical (unpaired) electrons. The van der Waals surface area contributed by atoms with Crippen LogP contribution in [0.25, 0.3) is 0 Å². The molecule has 0 saturated carbocycles. The molecule has 1 aromatic carbocycles. The van der Waals surface area contributed by atoms with E-state index in [-0.39, 0.29) is 23.7 Å². The minimum atomic E-state index is 0.0382. The number of rotatable bonds is 6. The average Bonchev–Trinajstić information content (AvgIpc) is 3.27. The number of amides is 2. The molecule has 0 N–H and O–H groups in total. The number of hydrogen-bond donors (Lipinski definition) is 0. The molecule has 0 aliphatic carbocycles. The number of benzene rings is 1. The van der Waals surface area contributed by atoms with Crippen LogP contribution in [0.1, 0.15) is 42.7 Å². The fraction of sp³-hybridized carbons (Fsp3) is 0.519. The third-order valence-electron chi connectivity index (χ3n) is 7.10. The number of carbonyl (C=O) groups is 2. The molecule has 2 aliphatic rings. The van der Waals surface area contributed by atoms with Crippen LogP contribution in [0.15, 0.2) is 48.7 Å². The predicted molar refractivity (Wildman–Crippen MR) is 128 cm³/mol. The smallest absolute Gasteiger partial charge is 0.255 e. The first-order valence-corrected chi connectivity index (χ1v) is 12.1. The molecule has 2 aliphatic heterocycles. The van der Waals surface area contributed by atoms with Crippen LogP contribution in [0, 0.1) is 30.6 Å². The van der Waals surface area contributed by atoms with Crippen molar-refractivity contribution in [1.29, 1.82) is 0 Å². The van der Waals surface area contributed by atoms with Crippen LogP contribution in [0.2, 0.25) is 0 Å². The first kappa shape index (κ1) is 23.3. The molecule has 0 unspecified atom stereocenters. The van der Waals surface area contributed by atoms with E-state index >= 15 is 0 Å². The fourth-order valence-corrected chi connectivity index (χ4v) is 5.18. The van der Waals surface area contributed by atoms with Crippen molar-refractivity contribution in [3.05, 3.63) is 59.9 Å². The molecule has 2 aromatic rings. The lowest BCUT2D eigenvalue weighted by atomic mass is 9.78. The second-order valence-corrected chi connectivity index (χ2v) is 9.76. The van der Waals surface area contributed by atoms with Gasteiger partial charge in [-0.1, -0.05) is 32.0 Å². The first-order valence-electron chi connectivity index (χ1n) is 12.1. The number of ether oxygens (including phenoxy) is 1. The summed E-state index contributed by atoms with van der Waals surface area (Å²) in [6, 6.07) is 13.6. The number of para-hydroxylation sites is 1. The summed E-state index contributed by atoms with van der Waals surface area (Å²) in [4.78, 5) is 33.9. The predicted octanol–water partition coefficient (Wildman–Crippen LogP) is 4.05. The number of pyridine rings is 1. The molecule has 2 atom stereocenters. The standard InChI is InChI=1S/C27H35N3O3/c1-19(2)26(31)29-13-11-21(12-14-29)25-17-30(27(32)22-10-9-20(3)28-15-22)16-23(25)18-33-24-7-5-4-6-8-24/h4-10,15,19,21,23,25H,11-14,16-18H2,1-3H3/t23-,25-/m0/s1. The Morgan fingerprint density at radius 3 is 2.39 bits per heavy atom. The van der Waals surface area contributed by atoms with E-state index < -0.39 is 0 Å². The molecule has 33 heavy (non-hydrogen) atoms. The Morgan fingerprint density at radius 2 is 1.76 bits per heavy atom. The van der Waals surface area contributed by atoms with Gasteiger partial charge in [0.15, 0.2) is 0 Å². The van der Waals surface area contributed by atoms with Gasteiger partial charge in [0, 0.05) is 49.9 Å². The van der Waals surface area contributed by atoms with Gasteiger partial charge in [-0.3, -0.25) is 14.6 Å². The number of likely N-dealkylation sites (tertiary alicyclic amines) is 2. The molecule has 2 saturated heterocycles. The zero-order chi connectivity index (χ0) is 23.4. The van der Waals surface area contributed by atoms with E-state index in [1.807, 2.05) is 73.0 Å². The SMILES string of the molecule is Cc1ccc(C(=O)N2C[C@@H](COc3ccccc3)[C@H](C3CCN(C(=O)C(C)C)CC3)C2)cn1. The van der Waals surface area contributed by atoms with Gasteiger partial charge in [0.1, 0.15) is 5.75 Å². The molecule has 3 heterocycles. The first-order chi connectivity index (χ1) is 15.9. The Morgan fingerprint density at radius 1 is 1.03 bits per heavy atom. The van der Waals surface area contributed by atoms with Gasteiger partial charge in [-0.05, 0) is 55.9 Å². The number of piperidine rings is 1. The molecule has 0 bridgehead atoms. The van der Waals surface area contributed by atoms with Gasteiger partial charge < -0.3 is 14.5 Å². The summed E-state index contributed by atoms with van der Waals surface area (Å²) in [6.07, 6.45) is 3.65. The van der Waals surface area contributed by atoms with Crippen LogP contribution in [0.3, 0.4) is 0 Å². The zero-order valence-electron chi connectivity index (χ0n) is 19.9. The number of hydrogen-bond acceptors (Lipinski definition) is 4. The van der Waals surface area contributed by atoms with Crippen molar-refractivity contribution in [2.75, 3.05) is 32.8 Å². The van der Waals surface area contributed by atoms with Crippen molar-refractivity contribution < 1.29 is 14.3 Å². The Balaban J connectivity index is 1.45. The fourth-order valence-electron chi connectivity index (χ4n) is 5.18. The van der Waals surface area contributed by atoms with E-state index in [0.29, 0.717) is 30.6 Å². The number of carbonyl (C=O) groups excluding carboxylic acids is 2. The highest BCUT2D eigenvalue weighted by Gasteiger charge is 2.41. The van der Waals surface area contributed by atoms with Gasteiger partial charge in [0.2, 0.25) is 5.91 Å². The number of aryl methyl sites for hydroxylation is 1. The van der Waals surface area contributed by atoms with Crippen LogP contribution in [-0.2, 0) is 4.79 Å². The van der Waals surface area contributed by atoms with Crippen molar-refractivity contribution in [1.82, 2.24) is 14.8 Å². The number of nitrogens with zero attached hydrogens (tertiary/aromatic N) is 3. The summed E-state index contributed by atoms with van der Waals surface area (Å²) in [7, 11) is 0. The third-order valence-corrected chi connectivity index (χ3v) is 7.10. The van der Waals surface area contributed by atoms with E-state index in [2.05, 4.69) is 4.98 Å². The summed E-state index contributed by atoms with van der Waals surface area (Å²) in [5, 5.41) is 0. The van der Waals surface area contributed by atoms with Crippen LogP contribution >= 0.6 is 0 Å². The molecule has 0 spiro atoms. The van der Waals surface area contributed by atoms with Gasteiger partial charge in [0.25, 0.3) is 5.91 Å². The summed E-state index contributed by atoms with van der Waals surface area (Å²) >= 11 is 0. The van der Waals surface area contributed by atoms with E-state index in [1.165, 1.54) is 0 Å². The Labute approximate surface area is 196 Å². The molecular formula is C27H35N3O3. The van der Waals surface area contributed by atoms with E-state index in [0.717, 1.165) is 43.9 Å². The Kier molecular flexibility index (Phi) is 7.31. The van der Waals surface area contributed by atoms with E-state index in [1.54, 1.807) is 6.20 Å². The summed E-state index contributed by atoms with van der Waals surface area (Å²) in [6.45, 7) is 9.48. The van der Waals surface area contributed by atoms with Crippen molar-refractivity contribution >= 4 is 11.8 Å². The molecule has 1 aromatic heterocycles. The van der Waals surface area contributed by atoms with Gasteiger partial charge >= 0.3 is 0 Å². The largest absolute Gasteiger partial charge is 0.493 e. The van der Waals surface area contributed by atoms with Crippen molar-refractivity contribution in [2.45, 2.75) is 33.6 Å². The van der Waals surface area contributed by atoms with Crippen LogP contribution < -0.4 is 4.74 Å². The molecule has 6 nitrogen and oxygen atoms in total. The highest BCUT2D eigenvalue weighted by atomic mass is 16.5. The molecule has 2 amide bonds. The molecular weight excluding hydrogens is 414 g/mol. The number of aromatic nitrogens is 1. The van der Waals surface area contributed by atoms with Gasteiger partial charge in [0.05, 0.1) is 12.2 Å². The van der Waals surface area contributed by atoms with Crippen molar-refractivity contribution in [3.63, 3.8) is 0 Å². The highest BCUT2D eigenvalue weighted by Crippen LogP contribution is 2.37. The molecule has 176 valence electrons. The van der Waals surface area contributed by atoms with Crippen LogP contribution in [0.4, 0.5) is 0 Å². The highest BCUT2D eigenvalue weighted by molar-refractivity contribution is 5.94. The summed E-state index contributed by atoms with van der Waals surface area (Å²) in [5.41, 5.74) is 1.55. The Hall–Kier alpha value is -2.89. The van der Waals surface area contributed by atoms with Crippen molar-refractivity contribution in [2.24, 2.45) is 23.7 Å². The van der Waals surface area contributed by atoms with Crippen molar-refractivity contribution in [3.8, 4) is 5.75 Å². The van der Waals surface area contributed by atoms with Gasteiger partial charge in [-0.15, -0.1) is 0 Å². The maximum atomic E-state index is 13.2. The lowest BCUT2D eigenvalue weighted by molar-refractivity contribution is -0.136. The van der Waals surface area contributed by atoms with Gasteiger partial charge in [-0.2, -0.15) is 0 Å². The topological polar surface area (TPSA) is 62.7 Å². The minimum Gasteiger partial charge on any atom is -0.493 e. The second kappa shape index (κ2) is 10.4. The third kappa shape index (κ3) is 5.55. The maximum Gasteiger partial charge on any atom is 0.255 e. The normalized spacial score (nSPS) is 21.5. The zero-order valence-corrected chi connectivity index (χ0v) is 19.9. The molecule has 2 fully saturated rings. The quantitative estimate of drug-likeness (QED) is 0.667. The second-order valence-electron chi connectivity index (χ2n) is 9.76. The van der Waals surface area contributed by atoms with E-state index in [9.17, 15) is 9.59 Å². The van der Waals surface area contributed by atoms with E-state index in [4.69, 9.17) is 4.74 Å². The maximum absolute atomic E-state index is 13.2. The average molecular weight is 450 g/mol. The summed E-state index contributed by atoms with van der Waals surface area (Å²) < 4.78 is 6.14. The van der Waals surface area contributed by atoms with Crippen LogP contribution in [0.5, 0.6) is 5.75 Å².